The van der Waals surface area contributed by atoms with Gasteiger partial charge in [-0.15, -0.1) is 11.3 Å². The minimum absolute atomic E-state index is 0.303. The number of hydrogen-bond donors (Lipinski definition) is 1. The summed E-state index contributed by atoms with van der Waals surface area (Å²) in [6.45, 7) is 1.79. The Kier molecular flexibility index (Phi) is 1.85. The zero-order valence-electron chi connectivity index (χ0n) is 5.03. The van der Waals surface area contributed by atoms with Gasteiger partial charge in [0.05, 0.1) is 10.4 Å². The normalized spacial score (nSPS) is 11.9. The van der Waals surface area contributed by atoms with E-state index in [-0.39, 0.29) is 0 Å². The third kappa shape index (κ3) is 1.29. The first kappa shape index (κ1) is 6.29. The topological polar surface area (TPSA) is 33.1 Å². The highest BCUT2D eigenvalue weighted by Crippen LogP contribution is 2.14. The fourth-order valence-electron chi connectivity index (χ4n) is 0.485. The molecule has 1 aromatic rings. The molecular weight excluding hydrogens is 134 g/mol. The molecule has 0 bridgehead atoms. The van der Waals surface area contributed by atoms with Crippen LogP contribution >= 0.6 is 11.3 Å². The zero-order chi connectivity index (χ0) is 6.69. The van der Waals surface area contributed by atoms with Crippen molar-refractivity contribution in [2.45, 2.75) is 6.92 Å². The van der Waals surface area contributed by atoms with Crippen LogP contribution in [0, 0.1) is 0 Å². The Morgan fingerprint density at radius 3 is 3.11 bits per heavy atom. The van der Waals surface area contributed by atoms with Gasteiger partial charge in [-0.2, -0.15) is 0 Å². The first-order chi connectivity index (χ1) is 4.34. The van der Waals surface area contributed by atoms with Gasteiger partial charge in [-0.25, -0.2) is 0 Å². The number of hydrogen-bond acceptors (Lipinski definition) is 3. The summed E-state index contributed by atoms with van der Waals surface area (Å²) in [5.74, 6) is 0.303. The molecular formula is C6H7NOS. The van der Waals surface area contributed by atoms with Crippen molar-refractivity contribution in [2.24, 2.45) is 0 Å². The molecule has 1 N–H and O–H groups in total. The van der Waals surface area contributed by atoms with Crippen molar-refractivity contribution in [2.75, 3.05) is 0 Å². The average Bonchev–Trinajstić information content (AvgIpc) is 2.37. The molecule has 1 heterocycles. The quantitative estimate of drug-likeness (QED) is 0.607. The summed E-state index contributed by atoms with van der Waals surface area (Å²) in [6, 6.07) is 0. The minimum Gasteiger partial charge on any atom is -0.507 e. The third-order valence-corrected chi connectivity index (χ3v) is 1.75. The van der Waals surface area contributed by atoms with Gasteiger partial charge in [0.25, 0.3) is 0 Å². The van der Waals surface area contributed by atoms with Crippen molar-refractivity contribution in [3.05, 3.63) is 22.7 Å². The van der Waals surface area contributed by atoms with E-state index in [1.165, 1.54) is 11.3 Å². The van der Waals surface area contributed by atoms with E-state index in [0.717, 1.165) is 4.88 Å². The van der Waals surface area contributed by atoms with E-state index in [0.29, 0.717) is 5.76 Å². The highest BCUT2D eigenvalue weighted by atomic mass is 32.1. The van der Waals surface area contributed by atoms with E-state index in [2.05, 4.69) is 4.98 Å². The maximum absolute atomic E-state index is 9.05. The predicted molar refractivity (Wildman–Crippen MR) is 38.4 cm³/mol. The molecule has 3 heteroatoms. The van der Waals surface area contributed by atoms with Gasteiger partial charge in [0.15, 0.2) is 0 Å². The average molecular weight is 141 g/mol. The molecule has 0 aromatic carbocycles. The number of aliphatic hydroxyl groups excluding tert-OH is 1. The molecule has 2 nitrogen and oxygen atoms in total. The minimum atomic E-state index is 0.303. The van der Waals surface area contributed by atoms with Crippen LogP contribution in [0.15, 0.2) is 17.8 Å². The van der Waals surface area contributed by atoms with Crippen LogP contribution in [0.4, 0.5) is 0 Å². The Morgan fingerprint density at radius 2 is 2.67 bits per heavy atom. The predicted octanol–water partition coefficient (Wildman–Crippen LogP) is 2.06. The molecule has 0 amide bonds. The molecule has 48 valence electrons. The lowest BCUT2D eigenvalue weighted by atomic mass is 10.4. The molecule has 0 saturated heterocycles. The van der Waals surface area contributed by atoms with Crippen LogP contribution in [0.1, 0.15) is 11.8 Å². The number of thiazole rings is 1. The van der Waals surface area contributed by atoms with Crippen LogP contribution in [0.3, 0.4) is 0 Å². The summed E-state index contributed by atoms with van der Waals surface area (Å²) in [5, 5.41) is 9.05. The fourth-order valence-corrected chi connectivity index (χ4v) is 1.08. The second kappa shape index (κ2) is 2.64. The molecule has 1 rings (SSSR count). The van der Waals surface area contributed by atoms with E-state index in [1.54, 1.807) is 24.7 Å². The van der Waals surface area contributed by atoms with E-state index in [1.807, 2.05) is 0 Å². The van der Waals surface area contributed by atoms with Crippen molar-refractivity contribution in [1.29, 1.82) is 0 Å². The highest BCUT2D eigenvalue weighted by Gasteiger charge is 1.95. The Morgan fingerprint density at radius 1 is 1.89 bits per heavy atom. The van der Waals surface area contributed by atoms with E-state index < -0.39 is 0 Å². The molecule has 0 fully saturated rings. The Hall–Kier alpha value is -0.830. The number of nitrogens with zero attached hydrogens (tertiary/aromatic N) is 1. The van der Waals surface area contributed by atoms with Crippen LogP contribution in [-0.4, -0.2) is 10.1 Å². The number of rotatable bonds is 1. The lowest BCUT2D eigenvalue weighted by molar-refractivity contribution is 0.513. The molecule has 0 radical (unpaired) electrons. The number of allylic oxidation sites excluding steroid dienone is 1. The second-order valence-electron chi connectivity index (χ2n) is 1.54. The fraction of sp³-hybridized carbons (Fsp3) is 0.167. The van der Waals surface area contributed by atoms with Gasteiger partial charge in [-0.3, -0.25) is 4.98 Å². The maximum Gasteiger partial charge on any atom is 0.130 e. The molecule has 0 saturated carbocycles. The Balaban J connectivity index is 2.90. The monoisotopic (exact) mass is 141 g/mol. The number of aromatic nitrogens is 1. The second-order valence-corrected chi connectivity index (χ2v) is 2.43. The summed E-state index contributed by atoms with van der Waals surface area (Å²) in [6.07, 6.45) is 3.29. The third-order valence-electron chi connectivity index (χ3n) is 0.958. The maximum atomic E-state index is 9.05. The van der Waals surface area contributed by atoms with Crippen LogP contribution < -0.4 is 0 Å². The zero-order valence-corrected chi connectivity index (χ0v) is 5.85. The van der Waals surface area contributed by atoms with Crippen molar-refractivity contribution in [3.63, 3.8) is 0 Å². The summed E-state index contributed by atoms with van der Waals surface area (Å²) in [4.78, 5) is 4.63. The van der Waals surface area contributed by atoms with Crippen molar-refractivity contribution >= 4 is 17.1 Å². The lowest BCUT2D eigenvalue weighted by Crippen LogP contribution is -1.72. The van der Waals surface area contributed by atoms with Gasteiger partial charge < -0.3 is 5.11 Å². The molecule has 0 atom stereocenters. The smallest absolute Gasteiger partial charge is 0.130 e. The van der Waals surface area contributed by atoms with Crippen LogP contribution in [-0.2, 0) is 0 Å². The van der Waals surface area contributed by atoms with Gasteiger partial charge in [-0.05, 0) is 13.0 Å². The van der Waals surface area contributed by atoms with E-state index in [9.17, 15) is 0 Å². The van der Waals surface area contributed by atoms with Gasteiger partial charge in [0, 0.05) is 6.20 Å². The summed E-state index contributed by atoms with van der Waals surface area (Å²) in [7, 11) is 0. The van der Waals surface area contributed by atoms with Crippen LogP contribution in [0.5, 0.6) is 0 Å². The first-order valence-electron chi connectivity index (χ1n) is 2.58. The van der Waals surface area contributed by atoms with Gasteiger partial charge in [0.1, 0.15) is 5.76 Å². The Bertz CT molecular complexity index is 203. The van der Waals surface area contributed by atoms with Crippen LogP contribution in [0.2, 0.25) is 0 Å². The van der Waals surface area contributed by atoms with Crippen molar-refractivity contribution < 1.29 is 5.11 Å². The Labute approximate surface area is 57.5 Å². The summed E-state index contributed by atoms with van der Waals surface area (Å²) in [5.41, 5.74) is 1.69. The molecule has 0 spiro atoms. The van der Waals surface area contributed by atoms with Gasteiger partial charge in [-0.1, -0.05) is 0 Å². The first-order valence-corrected chi connectivity index (χ1v) is 3.46. The SMILES string of the molecule is C/C=C(/O)c1cncs1. The van der Waals surface area contributed by atoms with Crippen LogP contribution in [0.25, 0.3) is 5.76 Å². The number of aliphatic hydroxyl groups is 1. The van der Waals surface area contributed by atoms with Crippen molar-refractivity contribution in [1.82, 2.24) is 4.98 Å². The largest absolute Gasteiger partial charge is 0.507 e. The highest BCUT2D eigenvalue weighted by molar-refractivity contribution is 7.10. The van der Waals surface area contributed by atoms with E-state index >= 15 is 0 Å². The van der Waals surface area contributed by atoms with E-state index in [4.69, 9.17) is 5.11 Å². The van der Waals surface area contributed by atoms with Gasteiger partial charge in [0.2, 0.25) is 0 Å². The molecule has 9 heavy (non-hydrogen) atoms. The molecule has 0 aliphatic carbocycles. The van der Waals surface area contributed by atoms with Gasteiger partial charge >= 0.3 is 0 Å². The lowest BCUT2D eigenvalue weighted by Gasteiger charge is -1.88. The molecule has 0 aliphatic heterocycles. The molecule has 0 unspecified atom stereocenters. The van der Waals surface area contributed by atoms with Crippen molar-refractivity contribution in [3.8, 4) is 0 Å². The molecule has 1 aromatic heterocycles. The summed E-state index contributed by atoms with van der Waals surface area (Å²) >= 11 is 1.43. The standard InChI is InChI=1S/C6H7NOS/c1-2-5(8)6-3-7-4-9-6/h2-4,8H,1H3/b5-2+. The summed E-state index contributed by atoms with van der Waals surface area (Å²) < 4.78 is 0. The molecule has 0 aliphatic rings.